The summed E-state index contributed by atoms with van der Waals surface area (Å²) in [5, 5.41) is 13.2. The van der Waals surface area contributed by atoms with Crippen LogP contribution in [0.4, 0.5) is 0 Å². The molecule has 0 saturated carbocycles. The van der Waals surface area contributed by atoms with E-state index in [0.717, 1.165) is 54.0 Å². The summed E-state index contributed by atoms with van der Waals surface area (Å²) in [6, 6.07) is 16.3. The maximum atomic E-state index is 11.1. The molecule has 3 aromatic rings. The minimum Gasteiger partial charge on any atom is -0.428 e. The molecule has 0 aliphatic carbocycles. The zero-order valence-corrected chi connectivity index (χ0v) is 26.6. The number of aryl methyl sites for hydroxylation is 1. The molecule has 1 aromatic heterocycles. The number of rotatable bonds is 17. The first kappa shape index (κ1) is 36.5. The van der Waals surface area contributed by atoms with Gasteiger partial charge in [0.05, 0.1) is 12.3 Å². The SMILES string of the molecule is CC(OC=O)OC(=O)CCCCCO[N+](=O)[O-].CCCCc1nc(Cl)c(C)n1Cc1ccc(-c2ccccc2/C(N)=N/N)cc1. The van der Waals surface area contributed by atoms with E-state index >= 15 is 0 Å². The predicted molar refractivity (Wildman–Crippen MR) is 171 cm³/mol. The van der Waals surface area contributed by atoms with Crippen molar-refractivity contribution in [2.45, 2.75) is 78.6 Å². The van der Waals surface area contributed by atoms with E-state index in [1.807, 2.05) is 31.2 Å². The fourth-order valence-electron chi connectivity index (χ4n) is 4.33. The molecule has 1 unspecified atom stereocenters. The Kier molecular flexibility index (Phi) is 15.9. The van der Waals surface area contributed by atoms with E-state index in [9.17, 15) is 19.7 Å². The van der Waals surface area contributed by atoms with Crippen LogP contribution in [0.2, 0.25) is 5.15 Å². The molecule has 14 heteroatoms. The largest absolute Gasteiger partial charge is 0.428 e. The quantitative estimate of drug-likeness (QED) is 0.0225. The number of nitrogens with two attached hydrogens (primary N) is 2. The highest BCUT2D eigenvalue weighted by molar-refractivity contribution is 6.30. The summed E-state index contributed by atoms with van der Waals surface area (Å²) in [6.07, 6.45) is 4.10. The molecule has 0 aliphatic rings. The van der Waals surface area contributed by atoms with Crippen molar-refractivity contribution < 1.29 is 29.0 Å². The summed E-state index contributed by atoms with van der Waals surface area (Å²) in [5.74, 6) is 6.26. The predicted octanol–water partition coefficient (Wildman–Crippen LogP) is 5.30. The molecule has 1 heterocycles. The summed E-state index contributed by atoms with van der Waals surface area (Å²) in [4.78, 5) is 39.4. The fourth-order valence-corrected chi connectivity index (χ4v) is 4.53. The van der Waals surface area contributed by atoms with Gasteiger partial charge in [-0.3, -0.25) is 9.59 Å². The maximum absolute atomic E-state index is 11.1. The molecular formula is C31H41ClN6O7. The molecule has 0 spiro atoms. The average molecular weight is 645 g/mol. The molecule has 0 radical (unpaired) electrons. The summed E-state index contributed by atoms with van der Waals surface area (Å²) in [7, 11) is 0. The standard InChI is InChI=1S/C22H26ClN5.C9H15NO7/c1-3-4-9-20-26-21(23)15(2)28(20)14-16-10-12-17(13-11-16)18-7-5-6-8-19(18)22(24)27-25;1-8(15-7-11)17-9(12)5-3-2-4-6-16-10(13)14/h5-8,10-13H,3-4,9,14,25H2,1-2H3,(H2,24,27);7-8H,2-6H2,1H3. The minimum atomic E-state index is -0.891. The van der Waals surface area contributed by atoms with Crippen LogP contribution in [0.5, 0.6) is 0 Å². The monoisotopic (exact) mass is 644 g/mol. The van der Waals surface area contributed by atoms with Gasteiger partial charge in [-0.2, -0.15) is 5.10 Å². The molecule has 0 aliphatic heterocycles. The summed E-state index contributed by atoms with van der Waals surface area (Å²) in [5.41, 5.74) is 11.0. The van der Waals surface area contributed by atoms with Crippen molar-refractivity contribution in [3.63, 3.8) is 0 Å². The number of esters is 1. The Morgan fingerprint density at radius 3 is 2.51 bits per heavy atom. The molecule has 3 rings (SSSR count). The van der Waals surface area contributed by atoms with Crippen LogP contribution >= 0.6 is 11.6 Å². The number of carbonyl (C=O) groups excluding carboxylic acids is 2. The highest BCUT2D eigenvalue weighted by Gasteiger charge is 2.13. The van der Waals surface area contributed by atoms with Gasteiger partial charge in [-0.05, 0) is 42.9 Å². The number of carbonyl (C=O) groups is 2. The molecule has 244 valence electrons. The van der Waals surface area contributed by atoms with Crippen molar-refractivity contribution in [1.82, 2.24) is 9.55 Å². The molecular weight excluding hydrogens is 604 g/mol. The second kappa shape index (κ2) is 19.6. The van der Waals surface area contributed by atoms with E-state index in [4.69, 9.17) is 27.9 Å². The van der Waals surface area contributed by atoms with Crippen LogP contribution in [-0.2, 0) is 36.9 Å². The summed E-state index contributed by atoms with van der Waals surface area (Å²) >= 11 is 6.28. The molecule has 4 N–H and O–H groups in total. The third-order valence-corrected chi connectivity index (χ3v) is 7.07. The van der Waals surface area contributed by atoms with Crippen molar-refractivity contribution in [1.29, 1.82) is 0 Å². The number of hydrazone groups is 1. The van der Waals surface area contributed by atoms with E-state index < -0.39 is 17.3 Å². The van der Waals surface area contributed by atoms with Gasteiger partial charge in [0.15, 0.2) is 5.84 Å². The highest BCUT2D eigenvalue weighted by Crippen LogP contribution is 2.25. The Labute approximate surface area is 267 Å². The van der Waals surface area contributed by atoms with Crippen LogP contribution in [0, 0.1) is 17.0 Å². The maximum Gasteiger partial charge on any atom is 0.308 e. The van der Waals surface area contributed by atoms with E-state index in [1.165, 1.54) is 12.5 Å². The summed E-state index contributed by atoms with van der Waals surface area (Å²) in [6.45, 7) is 6.60. The molecule has 1 atom stereocenters. The lowest BCUT2D eigenvalue weighted by atomic mass is 9.98. The first-order valence-electron chi connectivity index (χ1n) is 14.6. The number of amidine groups is 1. The molecule has 0 fully saturated rings. The van der Waals surface area contributed by atoms with Crippen molar-refractivity contribution in [3.05, 3.63) is 86.4 Å². The van der Waals surface area contributed by atoms with Crippen molar-refractivity contribution in [3.8, 4) is 11.1 Å². The second-order valence-corrected chi connectivity index (χ2v) is 10.4. The first-order chi connectivity index (χ1) is 21.6. The Morgan fingerprint density at radius 2 is 1.87 bits per heavy atom. The average Bonchev–Trinajstić information content (AvgIpc) is 3.29. The van der Waals surface area contributed by atoms with Gasteiger partial charge in [-0.1, -0.05) is 79.9 Å². The Morgan fingerprint density at radius 1 is 1.16 bits per heavy atom. The lowest BCUT2D eigenvalue weighted by Crippen LogP contribution is -2.17. The number of benzene rings is 2. The van der Waals surface area contributed by atoms with Crippen LogP contribution < -0.4 is 11.6 Å². The molecule has 13 nitrogen and oxygen atoms in total. The van der Waals surface area contributed by atoms with Gasteiger partial charge < -0.3 is 30.5 Å². The second-order valence-electron chi connectivity index (χ2n) is 10.0. The van der Waals surface area contributed by atoms with Gasteiger partial charge in [0.25, 0.3) is 11.6 Å². The summed E-state index contributed by atoms with van der Waals surface area (Å²) < 4.78 is 11.3. The molecule has 0 saturated heterocycles. The number of nitrogens with zero attached hydrogens (tertiary/aromatic N) is 4. The molecule has 0 amide bonds. The number of halogens is 1. The molecule has 2 aromatic carbocycles. The topological polar surface area (TPSA) is 187 Å². The number of hydrogen-bond acceptors (Lipinski definition) is 10. The number of imidazole rings is 1. The van der Waals surface area contributed by atoms with Crippen LogP contribution in [0.15, 0.2) is 53.6 Å². The lowest BCUT2D eigenvalue weighted by molar-refractivity contribution is -0.757. The highest BCUT2D eigenvalue weighted by atomic mass is 35.5. The van der Waals surface area contributed by atoms with E-state index in [0.29, 0.717) is 30.3 Å². The Balaban J connectivity index is 0.000000358. The van der Waals surface area contributed by atoms with E-state index in [2.05, 4.69) is 55.4 Å². The fraction of sp³-hybridized carbons (Fsp3) is 0.419. The zero-order valence-electron chi connectivity index (χ0n) is 25.8. The van der Waals surface area contributed by atoms with Crippen LogP contribution in [-0.4, -0.2) is 45.8 Å². The smallest absolute Gasteiger partial charge is 0.308 e. The van der Waals surface area contributed by atoms with Gasteiger partial charge in [-0.25, -0.2) is 4.98 Å². The Hall–Kier alpha value is -4.65. The van der Waals surface area contributed by atoms with Crippen molar-refractivity contribution >= 4 is 29.9 Å². The van der Waals surface area contributed by atoms with E-state index in [-0.39, 0.29) is 19.5 Å². The normalized spacial score (nSPS) is 11.6. The first-order valence-corrected chi connectivity index (χ1v) is 15.0. The minimum absolute atomic E-state index is 0.0205. The lowest BCUT2D eigenvalue weighted by Gasteiger charge is -2.12. The van der Waals surface area contributed by atoms with Crippen LogP contribution in [0.1, 0.15) is 75.0 Å². The van der Waals surface area contributed by atoms with E-state index in [1.54, 1.807) is 0 Å². The van der Waals surface area contributed by atoms with Gasteiger partial charge in [0.1, 0.15) is 11.0 Å². The van der Waals surface area contributed by atoms with Crippen molar-refractivity contribution in [2.24, 2.45) is 16.7 Å². The molecule has 45 heavy (non-hydrogen) atoms. The number of unbranched alkanes of at least 4 members (excludes halogenated alkanes) is 3. The van der Waals surface area contributed by atoms with Gasteiger partial charge >= 0.3 is 5.97 Å². The third-order valence-electron chi connectivity index (χ3n) is 6.71. The zero-order chi connectivity index (χ0) is 33.2. The van der Waals surface area contributed by atoms with Crippen LogP contribution in [0.3, 0.4) is 0 Å². The van der Waals surface area contributed by atoms with Gasteiger partial charge in [0, 0.05) is 31.9 Å². The third kappa shape index (κ3) is 12.5. The van der Waals surface area contributed by atoms with Crippen molar-refractivity contribution in [2.75, 3.05) is 6.61 Å². The van der Waals surface area contributed by atoms with Crippen LogP contribution in [0.25, 0.3) is 11.1 Å². The van der Waals surface area contributed by atoms with Gasteiger partial charge in [-0.15, -0.1) is 10.1 Å². The number of aromatic nitrogens is 2. The molecule has 0 bridgehead atoms. The van der Waals surface area contributed by atoms with Gasteiger partial charge in [0.2, 0.25) is 6.29 Å². The number of ether oxygens (including phenoxy) is 2. The Bertz CT molecular complexity index is 1410. The number of hydrogen-bond donors (Lipinski definition) is 2.